The van der Waals surface area contributed by atoms with Crippen molar-refractivity contribution >= 4 is 62.2 Å². The van der Waals surface area contributed by atoms with E-state index in [1.54, 1.807) is 42.9 Å². The second-order valence-electron chi connectivity index (χ2n) is 13.0. The van der Waals surface area contributed by atoms with Crippen LogP contribution in [0.3, 0.4) is 0 Å². The Hall–Kier alpha value is -5.97. The van der Waals surface area contributed by atoms with Gasteiger partial charge in [0.25, 0.3) is 0 Å². The van der Waals surface area contributed by atoms with Crippen LogP contribution in [0.5, 0.6) is 11.5 Å². The smallest absolute Gasteiger partial charge is 0.317 e. The Kier molecular flexibility index (Phi) is 11.4. The molecule has 2 aromatic carbocycles. The number of fused-ring (bicyclic) bond motifs is 2. The zero-order valence-corrected chi connectivity index (χ0v) is 31.2. The van der Waals surface area contributed by atoms with Gasteiger partial charge in [-0.15, -0.1) is 0 Å². The monoisotopic (exact) mass is 746 g/mol. The van der Waals surface area contributed by atoms with Gasteiger partial charge >= 0.3 is 11.9 Å². The van der Waals surface area contributed by atoms with Crippen LogP contribution in [-0.2, 0) is 29.0 Å². The number of ether oxygens (including phenoxy) is 3. The molecule has 0 spiro atoms. The number of primary amides is 2. The first-order valence-corrected chi connectivity index (χ1v) is 17.6. The van der Waals surface area contributed by atoms with Crippen molar-refractivity contribution in [2.24, 2.45) is 16.5 Å². The van der Waals surface area contributed by atoms with E-state index in [0.29, 0.717) is 62.0 Å². The van der Waals surface area contributed by atoms with Crippen LogP contribution >= 0.6 is 11.3 Å². The number of oxazole rings is 1. The number of anilines is 1. The number of thiazole rings is 1. The van der Waals surface area contributed by atoms with Crippen molar-refractivity contribution in [3.8, 4) is 11.5 Å². The number of nitrogens with zero attached hydrogens (tertiary/aromatic N) is 5. The first-order valence-electron chi connectivity index (χ1n) is 16.8. The number of esters is 1. The molecular weight excluding hydrogens is 705 g/mol. The van der Waals surface area contributed by atoms with Crippen LogP contribution in [-0.4, -0.2) is 62.1 Å². The number of benzene rings is 2. The molecule has 0 fully saturated rings. The summed E-state index contributed by atoms with van der Waals surface area (Å²) in [5.41, 5.74) is 19.4. The summed E-state index contributed by atoms with van der Waals surface area (Å²) in [6, 6.07) is 6.21. The number of allylic oxidation sites excluding steroid dienone is 2. The number of nitrogen functional groups attached to an aromatic ring is 1. The summed E-state index contributed by atoms with van der Waals surface area (Å²) in [4.78, 5) is 63.2. The molecule has 0 unspecified atom stereocenters. The van der Waals surface area contributed by atoms with Crippen molar-refractivity contribution in [1.29, 1.82) is 0 Å². The maximum absolute atomic E-state index is 13.4. The number of hydrogen-bond donors (Lipinski definition) is 3. The maximum Gasteiger partial charge on any atom is 0.317 e. The molecule has 280 valence electrons. The van der Waals surface area contributed by atoms with Crippen LogP contribution in [0.15, 0.2) is 45.8 Å². The molecule has 5 rings (SSSR count). The fourth-order valence-corrected chi connectivity index (χ4v) is 6.67. The number of imidazole rings is 1. The summed E-state index contributed by atoms with van der Waals surface area (Å²) in [5, 5.41) is 0. The van der Waals surface area contributed by atoms with Crippen LogP contribution in [0, 0.1) is 6.92 Å². The molecule has 6 N–H and O–H groups in total. The van der Waals surface area contributed by atoms with Crippen LogP contribution in [0.4, 0.5) is 5.95 Å². The summed E-state index contributed by atoms with van der Waals surface area (Å²) < 4.78 is 26.8. The lowest BCUT2D eigenvalue weighted by molar-refractivity contribution is -0.155. The van der Waals surface area contributed by atoms with Gasteiger partial charge in [0.15, 0.2) is 10.7 Å². The number of carbonyl (C=O) groups is 4. The summed E-state index contributed by atoms with van der Waals surface area (Å²) in [5.74, 6) is -1.00. The van der Waals surface area contributed by atoms with E-state index in [-0.39, 0.29) is 54.9 Å². The van der Waals surface area contributed by atoms with E-state index < -0.39 is 23.3 Å². The third-order valence-corrected chi connectivity index (χ3v) is 8.87. The highest BCUT2D eigenvalue weighted by molar-refractivity contribution is 7.16. The third-order valence-electron chi connectivity index (χ3n) is 7.84. The average molecular weight is 747 g/mol. The Bertz CT molecular complexity index is 2320. The van der Waals surface area contributed by atoms with Crippen LogP contribution < -0.4 is 31.5 Å². The molecule has 16 nitrogen and oxygen atoms in total. The van der Waals surface area contributed by atoms with E-state index in [1.165, 1.54) is 36.6 Å². The molecule has 0 bridgehead atoms. The van der Waals surface area contributed by atoms with Gasteiger partial charge in [-0.3, -0.25) is 19.2 Å². The Morgan fingerprint density at radius 3 is 2.26 bits per heavy atom. The maximum atomic E-state index is 13.4. The Morgan fingerprint density at radius 1 is 0.962 bits per heavy atom. The zero-order chi connectivity index (χ0) is 38.6. The SMILES string of the molecule is CCc1nc(C)oc1C(=O)/N=c1\sc2cc(C(N)=O)cc(OC)c2n1C/C=C/Cn1c(N)nc2cc(C(N)=O)cc(OCCCC(=O)OC(C)(C)C)c21. The first kappa shape index (κ1) is 38.3. The predicted octanol–water partition coefficient (Wildman–Crippen LogP) is 4.20. The van der Waals surface area contributed by atoms with Crippen molar-refractivity contribution in [2.75, 3.05) is 19.5 Å². The fourth-order valence-electron chi connectivity index (χ4n) is 5.58. The summed E-state index contributed by atoms with van der Waals surface area (Å²) in [6.07, 6.45) is 4.67. The van der Waals surface area contributed by atoms with E-state index in [1.807, 2.05) is 19.1 Å². The molecule has 0 radical (unpaired) electrons. The van der Waals surface area contributed by atoms with Gasteiger partial charge in [0.2, 0.25) is 23.5 Å². The molecular formula is C36H42N8O8S. The van der Waals surface area contributed by atoms with Crippen molar-refractivity contribution in [1.82, 2.24) is 19.1 Å². The van der Waals surface area contributed by atoms with Gasteiger partial charge in [-0.05, 0) is 57.9 Å². The van der Waals surface area contributed by atoms with Gasteiger partial charge in [-0.1, -0.05) is 30.4 Å². The topological polar surface area (TPSA) is 235 Å². The highest BCUT2D eigenvalue weighted by Gasteiger charge is 2.21. The highest BCUT2D eigenvalue weighted by atomic mass is 32.1. The normalized spacial score (nSPS) is 12.2. The number of aryl methyl sites for hydroxylation is 2. The van der Waals surface area contributed by atoms with Crippen molar-refractivity contribution in [2.45, 2.75) is 72.6 Å². The molecule has 0 aliphatic carbocycles. The van der Waals surface area contributed by atoms with E-state index >= 15 is 0 Å². The minimum atomic E-state index is -0.666. The molecule has 53 heavy (non-hydrogen) atoms. The zero-order valence-electron chi connectivity index (χ0n) is 30.3. The summed E-state index contributed by atoms with van der Waals surface area (Å²) in [7, 11) is 1.47. The number of carbonyl (C=O) groups excluding carboxylic acids is 4. The highest BCUT2D eigenvalue weighted by Crippen LogP contribution is 2.32. The van der Waals surface area contributed by atoms with E-state index in [0.717, 1.165) is 0 Å². The molecule has 3 amide bonds. The van der Waals surface area contributed by atoms with E-state index in [9.17, 15) is 19.2 Å². The summed E-state index contributed by atoms with van der Waals surface area (Å²) >= 11 is 1.18. The van der Waals surface area contributed by atoms with Gasteiger partial charge in [-0.25, -0.2) is 9.97 Å². The number of nitrogens with two attached hydrogens (primary N) is 3. The van der Waals surface area contributed by atoms with Gasteiger partial charge in [0.05, 0.1) is 29.6 Å². The van der Waals surface area contributed by atoms with Gasteiger partial charge in [0.1, 0.15) is 28.1 Å². The quantitative estimate of drug-likeness (QED) is 0.0827. The van der Waals surface area contributed by atoms with Crippen LogP contribution in [0.1, 0.15) is 83.4 Å². The van der Waals surface area contributed by atoms with Crippen molar-refractivity contribution in [3.05, 3.63) is 69.7 Å². The van der Waals surface area contributed by atoms with Gasteiger partial charge in [-0.2, -0.15) is 4.99 Å². The molecule has 17 heteroatoms. The average Bonchev–Trinajstić information content (AvgIpc) is 3.74. The number of hydrogen-bond acceptors (Lipinski definition) is 12. The van der Waals surface area contributed by atoms with Crippen LogP contribution in [0.25, 0.3) is 21.3 Å². The number of aromatic nitrogens is 4. The molecule has 0 atom stereocenters. The molecule has 0 saturated heterocycles. The minimum absolute atomic E-state index is 0.0548. The molecule has 0 saturated carbocycles. The standard InChI is InChI=1S/C36H42N8O8S/c1-7-22-30(51-19(2)40-22)33(48)42-35-44(29-24(49-6)16-21(32(38)47)18-26(29)53-35)13-9-8-12-43-28-23(41-34(43)39)15-20(31(37)46)17-25(28)50-14-10-11-27(45)52-36(3,4)5/h8-9,15-18H,7,10-14H2,1-6H3,(H2,37,46)(H2,38,47)(H2,39,41)/b9-8+,42-35-. The van der Waals surface area contributed by atoms with Crippen LogP contribution in [0.2, 0.25) is 0 Å². The second-order valence-corrected chi connectivity index (χ2v) is 14.0. The van der Waals surface area contributed by atoms with Crippen molar-refractivity contribution < 1.29 is 37.8 Å². The molecule has 5 aromatic rings. The Labute approximate surface area is 308 Å². The third kappa shape index (κ3) is 8.74. The van der Waals surface area contributed by atoms with Crippen molar-refractivity contribution in [3.63, 3.8) is 0 Å². The minimum Gasteiger partial charge on any atom is -0.494 e. The lowest BCUT2D eigenvalue weighted by atomic mass is 10.1. The first-order chi connectivity index (χ1) is 25.1. The lowest BCUT2D eigenvalue weighted by Crippen LogP contribution is -2.24. The lowest BCUT2D eigenvalue weighted by Gasteiger charge is -2.19. The van der Waals surface area contributed by atoms with Gasteiger partial charge < -0.3 is 45.0 Å². The number of rotatable bonds is 14. The van der Waals surface area contributed by atoms with E-state index in [4.69, 9.17) is 35.8 Å². The molecule has 0 aliphatic heterocycles. The molecule has 0 aliphatic rings. The largest absolute Gasteiger partial charge is 0.494 e. The number of methoxy groups -OCH3 is 1. The molecule has 3 aromatic heterocycles. The Morgan fingerprint density at radius 2 is 1.62 bits per heavy atom. The Balaban J connectivity index is 1.47. The van der Waals surface area contributed by atoms with E-state index in [2.05, 4.69) is 15.0 Å². The predicted molar refractivity (Wildman–Crippen MR) is 198 cm³/mol. The van der Waals surface area contributed by atoms with Gasteiger partial charge in [0, 0.05) is 37.6 Å². The number of amides is 3. The molecule has 3 heterocycles. The summed E-state index contributed by atoms with van der Waals surface area (Å²) in [6.45, 7) is 9.52. The fraction of sp³-hybridized carbons (Fsp3) is 0.361. The second kappa shape index (κ2) is 15.7.